The second-order valence-corrected chi connectivity index (χ2v) is 5.91. The molecular weight excluding hydrogens is 340 g/mol. The molecule has 3 rings (SSSR count). The van der Waals surface area contributed by atoms with Gasteiger partial charge in [-0.05, 0) is 6.07 Å². The number of anilines is 2. The van der Waals surface area contributed by atoms with Gasteiger partial charge in [-0.15, -0.1) is 0 Å². The van der Waals surface area contributed by atoms with Crippen LogP contribution in [0.1, 0.15) is 5.56 Å². The van der Waals surface area contributed by atoms with Gasteiger partial charge in [-0.1, -0.05) is 48.5 Å². The number of para-hydroxylation sites is 1. The number of ether oxygens (including phenoxy) is 2. The van der Waals surface area contributed by atoms with E-state index >= 15 is 0 Å². The number of nitrogens with one attached hydrogen (secondary N) is 2. The molecule has 0 radical (unpaired) electrons. The Kier molecular flexibility index (Phi) is 6.60. The molecule has 2 N–H and O–H groups in total. The van der Waals surface area contributed by atoms with Gasteiger partial charge in [0.2, 0.25) is 5.95 Å². The van der Waals surface area contributed by atoms with Crippen LogP contribution in [0.3, 0.4) is 0 Å². The van der Waals surface area contributed by atoms with Gasteiger partial charge in [-0.25, -0.2) is 4.98 Å². The predicted molar refractivity (Wildman–Crippen MR) is 108 cm³/mol. The van der Waals surface area contributed by atoms with Crippen molar-refractivity contribution in [1.82, 2.24) is 9.97 Å². The number of hydrogen-bond acceptors (Lipinski definition) is 6. The fourth-order valence-corrected chi connectivity index (χ4v) is 2.68. The Morgan fingerprint density at radius 2 is 1.67 bits per heavy atom. The molecule has 6 nitrogen and oxygen atoms in total. The van der Waals surface area contributed by atoms with Crippen molar-refractivity contribution >= 4 is 11.8 Å². The van der Waals surface area contributed by atoms with Crippen molar-refractivity contribution in [2.24, 2.45) is 0 Å². The zero-order valence-electron chi connectivity index (χ0n) is 15.6. The van der Waals surface area contributed by atoms with Gasteiger partial charge in [0.1, 0.15) is 11.6 Å². The molecule has 3 aromatic rings. The molecule has 6 heteroatoms. The van der Waals surface area contributed by atoms with E-state index in [-0.39, 0.29) is 0 Å². The van der Waals surface area contributed by atoms with Gasteiger partial charge in [0.05, 0.1) is 19.4 Å². The number of rotatable bonds is 9. The molecule has 0 saturated carbocycles. The fraction of sp³-hybridized carbons (Fsp3) is 0.238. The molecule has 0 aliphatic heterocycles. The maximum Gasteiger partial charge on any atom is 0.225 e. The number of methoxy groups -OCH3 is 2. The van der Waals surface area contributed by atoms with Crippen LogP contribution in [0.15, 0.2) is 60.7 Å². The lowest BCUT2D eigenvalue weighted by molar-refractivity contribution is 0.210. The molecule has 0 aliphatic carbocycles. The average molecular weight is 364 g/mol. The molecule has 0 aliphatic rings. The first-order chi connectivity index (χ1) is 13.3. The molecule has 0 atom stereocenters. The zero-order valence-corrected chi connectivity index (χ0v) is 15.6. The molecule has 0 bridgehead atoms. The third kappa shape index (κ3) is 5.18. The fourth-order valence-electron chi connectivity index (χ4n) is 2.68. The Hall–Kier alpha value is -3.12. The Morgan fingerprint density at radius 1 is 0.889 bits per heavy atom. The highest BCUT2D eigenvalue weighted by Crippen LogP contribution is 2.23. The Morgan fingerprint density at radius 3 is 2.44 bits per heavy atom. The number of aromatic nitrogens is 2. The van der Waals surface area contributed by atoms with Crippen molar-refractivity contribution in [1.29, 1.82) is 0 Å². The lowest BCUT2D eigenvalue weighted by Gasteiger charge is -2.13. The van der Waals surface area contributed by atoms with E-state index in [1.165, 1.54) is 0 Å². The highest BCUT2D eigenvalue weighted by Gasteiger charge is 2.08. The maximum atomic E-state index is 5.41. The first kappa shape index (κ1) is 18.7. The Bertz CT molecular complexity index is 856. The van der Waals surface area contributed by atoms with E-state index in [2.05, 4.69) is 20.6 Å². The van der Waals surface area contributed by atoms with Crippen LogP contribution in [0, 0.1) is 0 Å². The lowest BCUT2D eigenvalue weighted by Crippen LogP contribution is -2.11. The van der Waals surface area contributed by atoms with Crippen LogP contribution in [0.5, 0.6) is 5.75 Å². The summed E-state index contributed by atoms with van der Waals surface area (Å²) >= 11 is 0. The normalized spacial score (nSPS) is 10.4. The lowest BCUT2D eigenvalue weighted by atomic mass is 10.1. The molecule has 0 fully saturated rings. The Labute approximate surface area is 159 Å². The summed E-state index contributed by atoms with van der Waals surface area (Å²) in [6.07, 6.45) is 0. The van der Waals surface area contributed by atoms with E-state index in [0.29, 0.717) is 25.6 Å². The van der Waals surface area contributed by atoms with Gasteiger partial charge in [0, 0.05) is 37.4 Å². The highest BCUT2D eigenvalue weighted by molar-refractivity contribution is 5.64. The first-order valence-corrected chi connectivity index (χ1v) is 8.83. The SMILES string of the molecule is COCCNc1cc(-c2ccccc2)nc(NCc2ccccc2OC)n1. The summed E-state index contributed by atoms with van der Waals surface area (Å²) < 4.78 is 10.5. The smallest absolute Gasteiger partial charge is 0.225 e. The monoisotopic (exact) mass is 364 g/mol. The third-order valence-corrected chi connectivity index (χ3v) is 4.04. The summed E-state index contributed by atoms with van der Waals surface area (Å²) in [5.74, 6) is 2.15. The second kappa shape index (κ2) is 9.54. The minimum Gasteiger partial charge on any atom is -0.496 e. The van der Waals surface area contributed by atoms with Crippen molar-refractivity contribution in [2.75, 3.05) is 38.0 Å². The summed E-state index contributed by atoms with van der Waals surface area (Å²) in [6.45, 7) is 1.85. The van der Waals surface area contributed by atoms with E-state index in [1.54, 1.807) is 14.2 Å². The quantitative estimate of drug-likeness (QED) is 0.563. The summed E-state index contributed by atoms with van der Waals surface area (Å²) in [7, 11) is 3.35. The molecule has 27 heavy (non-hydrogen) atoms. The summed E-state index contributed by atoms with van der Waals surface area (Å²) in [5, 5.41) is 6.58. The van der Waals surface area contributed by atoms with E-state index in [1.807, 2.05) is 60.7 Å². The number of nitrogens with zero attached hydrogens (tertiary/aromatic N) is 2. The van der Waals surface area contributed by atoms with E-state index in [9.17, 15) is 0 Å². The minimum absolute atomic E-state index is 0.558. The third-order valence-electron chi connectivity index (χ3n) is 4.04. The molecule has 0 amide bonds. The van der Waals surface area contributed by atoms with Crippen molar-refractivity contribution in [3.8, 4) is 17.0 Å². The average Bonchev–Trinajstić information content (AvgIpc) is 2.73. The predicted octanol–water partition coefficient (Wildman–Crippen LogP) is 3.82. The van der Waals surface area contributed by atoms with Gasteiger partial charge >= 0.3 is 0 Å². The zero-order chi connectivity index (χ0) is 18.9. The molecule has 0 spiro atoms. The van der Waals surface area contributed by atoms with Crippen molar-refractivity contribution < 1.29 is 9.47 Å². The van der Waals surface area contributed by atoms with Crippen LogP contribution in [0.25, 0.3) is 11.3 Å². The molecule has 140 valence electrons. The van der Waals surface area contributed by atoms with Gasteiger partial charge in [0.25, 0.3) is 0 Å². The Balaban J connectivity index is 1.83. The van der Waals surface area contributed by atoms with Crippen LogP contribution in [0.4, 0.5) is 11.8 Å². The molecule has 0 saturated heterocycles. The molecule has 0 unspecified atom stereocenters. The molecule has 2 aromatic carbocycles. The summed E-state index contributed by atoms with van der Waals surface area (Å²) in [4.78, 5) is 9.24. The van der Waals surface area contributed by atoms with Crippen LogP contribution >= 0.6 is 0 Å². The second-order valence-electron chi connectivity index (χ2n) is 5.91. The maximum absolute atomic E-state index is 5.41. The number of benzene rings is 2. The van der Waals surface area contributed by atoms with E-state index in [0.717, 1.165) is 28.4 Å². The molecular formula is C21H24N4O2. The topological polar surface area (TPSA) is 68.3 Å². The van der Waals surface area contributed by atoms with Crippen LogP contribution in [-0.4, -0.2) is 37.3 Å². The van der Waals surface area contributed by atoms with Gasteiger partial charge < -0.3 is 20.1 Å². The van der Waals surface area contributed by atoms with Crippen LogP contribution in [0.2, 0.25) is 0 Å². The standard InChI is InChI=1S/C21H24N4O2/c1-26-13-12-22-20-14-18(16-8-4-3-5-9-16)24-21(25-20)23-15-17-10-6-7-11-19(17)27-2/h3-11,14H,12-13,15H2,1-2H3,(H2,22,23,24,25). The largest absolute Gasteiger partial charge is 0.496 e. The minimum atomic E-state index is 0.558. The number of hydrogen-bond donors (Lipinski definition) is 2. The van der Waals surface area contributed by atoms with E-state index < -0.39 is 0 Å². The first-order valence-electron chi connectivity index (χ1n) is 8.83. The van der Waals surface area contributed by atoms with E-state index in [4.69, 9.17) is 9.47 Å². The van der Waals surface area contributed by atoms with Crippen LogP contribution < -0.4 is 15.4 Å². The molecule has 1 heterocycles. The highest BCUT2D eigenvalue weighted by atomic mass is 16.5. The summed E-state index contributed by atoms with van der Waals surface area (Å²) in [6, 6.07) is 19.9. The van der Waals surface area contributed by atoms with Crippen molar-refractivity contribution in [3.63, 3.8) is 0 Å². The van der Waals surface area contributed by atoms with Crippen molar-refractivity contribution in [2.45, 2.75) is 6.54 Å². The van der Waals surface area contributed by atoms with Crippen molar-refractivity contribution in [3.05, 3.63) is 66.2 Å². The van der Waals surface area contributed by atoms with Crippen LogP contribution in [-0.2, 0) is 11.3 Å². The van der Waals surface area contributed by atoms with Gasteiger partial charge in [-0.2, -0.15) is 4.98 Å². The van der Waals surface area contributed by atoms with Gasteiger partial charge in [-0.3, -0.25) is 0 Å². The van der Waals surface area contributed by atoms with Gasteiger partial charge in [0.15, 0.2) is 0 Å². The summed E-state index contributed by atoms with van der Waals surface area (Å²) in [5.41, 5.74) is 2.94. The molecule has 1 aromatic heterocycles.